The Morgan fingerprint density at radius 3 is 3.00 bits per heavy atom. The van der Waals surface area contributed by atoms with Crippen LogP contribution in [0.25, 0.3) is 0 Å². The van der Waals surface area contributed by atoms with E-state index in [1.807, 2.05) is 24.3 Å². The Balaban J connectivity index is 0.00000200. The lowest BCUT2D eigenvalue weighted by molar-refractivity contribution is -0.121. The Kier molecular flexibility index (Phi) is 6.82. The maximum atomic E-state index is 12.0. The maximum absolute atomic E-state index is 12.0. The third-order valence-corrected chi connectivity index (χ3v) is 3.67. The molecule has 2 unspecified atom stereocenters. The molecule has 0 aliphatic carbocycles. The second-order valence-corrected chi connectivity index (χ2v) is 5.17. The summed E-state index contributed by atoms with van der Waals surface area (Å²) < 4.78 is 5.16. The first-order chi connectivity index (χ1) is 9.19. The Morgan fingerprint density at radius 1 is 1.50 bits per heavy atom. The van der Waals surface area contributed by atoms with Gasteiger partial charge >= 0.3 is 0 Å². The van der Waals surface area contributed by atoms with E-state index in [1.54, 1.807) is 7.11 Å². The Hall–Kier alpha value is -1.26. The summed E-state index contributed by atoms with van der Waals surface area (Å²) in [6.07, 6.45) is 1.52. The van der Waals surface area contributed by atoms with Crippen LogP contribution in [0.2, 0.25) is 0 Å². The van der Waals surface area contributed by atoms with Crippen molar-refractivity contribution in [3.05, 3.63) is 29.8 Å². The van der Waals surface area contributed by atoms with Crippen LogP contribution in [0.15, 0.2) is 24.3 Å². The highest BCUT2D eigenvalue weighted by Crippen LogP contribution is 2.14. The highest BCUT2D eigenvalue weighted by Gasteiger charge is 2.22. The second-order valence-electron chi connectivity index (χ2n) is 5.17. The Bertz CT molecular complexity index is 440. The highest BCUT2D eigenvalue weighted by molar-refractivity contribution is 5.85. The number of amides is 1. The molecule has 0 aromatic heterocycles. The van der Waals surface area contributed by atoms with Crippen LogP contribution in [0.3, 0.4) is 0 Å². The largest absolute Gasteiger partial charge is 0.497 e. The number of hydrogen-bond donors (Lipinski definition) is 2. The molecule has 0 radical (unpaired) electrons. The summed E-state index contributed by atoms with van der Waals surface area (Å²) in [5.74, 6) is 1.40. The number of carbonyl (C=O) groups is 1. The molecule has 20 heavy (non-hydrogen) atoms. The summed E-state index contributed by atoms with van der Waals surface area (Å²) in [4.78, 5) is 12.0. The molecule has 1 aromatic carbocycles. The number of halogens is 1. The van der Waals surface area contributed by atoms with Crippen molar-refractivity contribution in [1.29, 1.82) is 0 Å². The van der Waals surface area contributed by atoms with Gasteiger partial charge in [-0.15, -0.1) is 12.4 Å². The van der Waals surface area contributed by atoms with Crippen LogP contribution in [0, 0.1) is 5.92 Å². The van der Waals surface area contributed by atoms with E-state index in [9.17, 15) is 4.79 Å². The first kappa shape index (κ1) is 16.8. The summed E-state index contributed by atoms with van der Waals surface area (Å²) >= 11 is 0. The third-order valence-electron chi connectivity index (χ3n) is 3.67. The van der Waals surface area contributed by atoms with Gasteiger partial charge in [0.1, 0.15) is 5.75 Å². The van der Waals surface area contributed by atoms with E-state index in [4.69, 9.17) is 4.74 Å². The van der Waals surface area contributed by atoms with E-state index >= 15 is 0 Å². The van der Waals surface area contributed by atoms with Crippen LogP contribution in [0.5, 0.6) is 5.75 Å². The van der Waals surface area contributed by atoms with Gasteiger partial charge in [0.05, 0.1) is 13.5 Å². The minimum atomic E-state index is 0. The lowest BCUT2D eigenvalue weighted by atomic mass is 9.94. The van der Waals surface area contributed by atoms with Crippen molar-refractivity contribution in [3.63, 3.8) is 0 Å². The Morgan fingerprint density at radius 2 is 2.30 bits per heavy atom. The van der Waals surface area contributed by atoms with Crippen molar-refractivity contribution < 1.29 is 9.53 Å². The van der Waals surface area contributed by atoms with Gasteiger partial charge in [0.15, 0.2) is 0 Å². The second kappa shape index (κ2) is 8.12. The van der Waals surface area contributed by atoms with Crippen molar-refractivity contribution >= 4 is 18.3 Å². The molecule has 2 atom stereocenters. The van der Waals surface area contributed by atoms with E-state index in [-0.39, 0.29) is 24.4 Å². The first-order valence-corrected chi connectivity index (χ1v) is 6.82. The number of carbonyl (C=O) groups excluding carboxylic acids is 1. The van der Waals surface area contributed by atoms with Gasteiger partial charge in [-0.2, -0.15) is 0 Å². The van der Waals surface area contributed by atoms with Gasteiger partial charge in [0.2, 0.25) is 5.91 Å². The first-order valence-electron chi connectivity index (χ1n) is 6.82. The van der Waals surface area contributed by atoms with E-state index in [1.165, 1.54) is 0 Å². The molecule has 1 fully saturated rings. The molecule has 0 saturated carbocycles. The zero-order chi connectivity index (χ0) is 13.7. The molecule has 1 amide bonds. The molecular formula is C15H23ClN2O2. The zero-order valence-electron chi connectivity index (χ0n) is 12.0. The summed E-state index contributed by atoms with van der Waals surface area (Å²) in [5, 5.41) is 6.43. The van der Waals surface area contributed by atoms with Gasteiger partial charge in [-0.3, -0.25) is 4.79 Å². The molecule has 112 valence electrons. The SMILES string of the molecule is COc1cccc(CC(=O)NC2CNCCC2C)c1.Cl. The number of methoxy groups -OCH3 is 1. The molecule has 5 heteroatoms. The minimum Gasteiger partial charge on any atom is -0.497 e. The normalized spacial score (nSPS) is 21.7. The van der Waals surface area contributed by atoms with Gasteiger partial charge in [-0.1, -0.05) is 19.1 Å². The van der Waals surface area contributed by atoms with Gasteiger partial charge in [-0.25, -0.2) is 0 Å². The average molecular weight is 299 g/mol. The number of rotatable bonds is 4. The molecule has 4 nitrogen and oxygen atoms in total. The lowest BCUT2D eigenvalue weighted by Gasteiger charge is -2.30. The fraction of sp³-hybridized carbons (Fsp3) is 0.533. The fourth-order valence-electron chi connectivity index (χ4n) is 2.41. The van der Waals surface area contributed by atoms with Crippen LogP contribution in [0.1, 0.15) is 18.9 Å². The number of ether oxygens (including phenoxy) is 1. The quantitative estimate of drug-likeness (QED) is 0.891. The van der Waals surface area contributed by atoms with Crippen LogP contribution in [-0.4, -0.2) is 32.1 Å². The zero-order valence-corrected chi connectivity index (χ0v) is 12.8. The lowest BCUT2D eigenvalue weighted by Crippen LogP contribution is -2.50. The molecule has 1 aromatic rings. The molecule has 1 saturated heterocycles. The van der Waals surface area contributed by atoms with Gasteiger partial charge < -0.3 is 15.4 Å². The van der Waals surface area contributed by atoms with Crippen LogP contribution in [-0.2, 0) is 11.2 Å². The molecule has 0 spiro atoms. The molecular weight excluding hydrogens is 276 g/mol. The number of piperidine rings is 1. The van der Waals surface area contributed by atoms with E-state index in [0.29, 0.717) is 12.3 Å². The van der Waals surface area contributed by atoms with Crippen LogP contribution in [0.4, 0.5) is 0 Å². The molecule has 2 rings (SSSR count). The molecule has 0 bridgehead atoms. The van der Waals surface area contributed by atoms with Gasteiger partial charge in [0.25, 0.3) is 0 Å². The van der Waals surface area contributed by atoms with Gasteiger partial charge in [0, 0.05) is 12.6 Å². The van der Waals surface area contributed by atoms with Gasteiger partial charge in [-0.05, 0) is 36.6 Å². The molecule has 1 aliphatic heterocycles. The standard InChI is InChI=1S/C15H22N2O2.ClH/c1-11-6-7-16-10-14(11)17-15(18)9-12-4-3-5-13(8-12)19-2;/h3-5,8,11,14,16H,6-7,9-10H2,1-2H3,(H,17,18);1H. The summed E-state index contributed by atoms with van der Waals surface area (Å²) in [6, 6.07) is 7.89. The monoisotopic (exact) mass is 298 g/mol. The van der Waals surface area contributed by atoms with E-state index in [0.717, 1.165) is 30.8 Å². The maximum Gasteiger partial charge on any atom is 0.224 e. The van der Waals surface area contributed by atoms with Crippen molar-refractivity contribution in [2.45, 2.75) is 25.8 Å². The molecule has 2 N–H and O–H groups in total. The van der Waals surface area contributed by atoms with E-state index < -0.39 is 0 Å². The van der Waals surface area contributed by atoms with Crippen molar-refractivity contribution in [3.8, 4) is 5.75 Å². The van der Waals surface area contributed by atoms with E-state index in [2.05, 4.69) is 17.6 Å². The van der Waals surface area contributed by atoms with Crippen molar-refractivity contribution in [2.75, 3.05) is 20.2 Å². The van der Waals surface area contributed by atoms with Crippen molar-refractivity contribution in [1.82, 2.24) is 10.6 Å². The predicted molar refractivity (Wildman–Crippen MR) is 82.5 cm³/mol. The van der Waals surface area contributed by atoms with Crippen LogP contribution >= 0.6 is 12.4 Å². The molecule has 1 heterocycles. The summed E-state index contributed by atoms with van der Waals surface area (Å²) in [7, 11) is 1.63. The topological polar surface area (TPSA) is 50.4 Å². The minimum absolute atomic E-state index is 0. The predicted octanol–water partition coefficient (Wildman–Crippen LogP) is 1.77. The Labute approximate surface area is 126 Å². The highest BCUT2D eigenvalue weighted by atomic mass is 35.5. The third kappa shape index (κ3) is 4.69. The smallest absolute Gasteiger partial charge is 0.224 e. The summed E-state index contributed by atoms with van der Waals surface area (Å²) in [5.41, 5.74) is 0.980. The van der Waals surface area contributed by atoms with Crippen molar-refractivity contribution in [2.24, 2.45) is 5.92 Å². The number of nitrogens with one attached hydrogen (secondary N) is 2. The molecule has 1 aliphatic rings. The number of benzene rings is 1. The fourth-order valence-corrected chi connectivity index (χ4v) is 2.41. The average Bonchev–Trinajstić information content (AvgIpc) is 2.41. The van der Waals surface area contributed by atoms with Crippen LogP contribution < -0.4 is 15.4 Å². The number of hydrogen-bond acceptors (Lipinski definition) is 3. The summed E-state index contributed by atoms with van der Waals surface area (Å²) in [6.45, 7) is 4.10.